The second kappa shape index (κ2) is 8.03. The second-order valence-electron chi connectivity index (χ2n) is 5.25. The van der Waals surface area contributed by atoms with Crippen molar-refractivity contribution in [1.82, 2.24) is 10.2 Å². The van der Waals surface area contributed by atoms with Gasteiger partial charge in [-0.15, -0.1) is 0 Å². The molecular weight excluding hydrogens is 298 g/mol. The van der Waals surface area contributed by atoms with Crippen LogP contribution in [0.2, 0.25) is 0 Å². The van der Waals surface area contributed by atoms with Gasteiger partial charge in [-0.05, 0) is 25.0 Å². The first-order valence-electron chi connectivity index (χ1n) is 7.38. The molecule has 0 radical (unpaired) electrons. The molecule has 0 aromatic carbocycles. The topological polar surface area (TPSA) is 95.6 Å². The van der Waals surface area contributed by atoms with Crippen LogP contribution in [0.25, 0.3) is 0 Å². The van der Waals surface area contributed by atoms with Gasteiger partial charge in [0.25, 0.3) is 5.91 Å². The molecule has 0 unspecified atom stereocenters. The first-order valence-corrected chi connectivity index (χ1v) is 7.38. The molecular formula is C16H19N3O4. The van der Waals surface area contributed by atoms with Crippen LogP contribution >= 0.6 is 0 Å². The maximum atomic E-state index is 12.0. The summed E-state index contributed by atoms with van der Waals surface area (Å²) in [6.07, 6.45) is 4.37. The molecule has 23 heavy (non-hydrogen) atoms. The fraction of sp³-hybridized carbons (Fsp3) is 0.438. The number of amides is 1. The summed E-state index contributed by atoms with van der Waals surface area (Å²) in [5.41, 5.74) is 0.0353. The summed E-state index contributed by atoms with van der Waals surface area (Å²) in [6.45, 7) is 1.45. The molecule has 0 atom stereocenters. The lowest BCUT2D eigenvalue weighted by atomic mass is 9.97. The van der Waals surface area contributed by atoms with Crippen molar-refractivity contribution in [2.24, 2.45) is 5.92 Å². The molecule has 2 heterocycles. The van der Waals surface area contributed by atoms with E-state index in [0.29, 0.717) is 31.7 Å². The maximum absolute atomic E-state index is 12.0. The first kappa shape index (κ1) is 16.6. The number of ether oxygens (including phenoxy) is 1. The third-order valence-electron chi connectivity index (χ3n) is 3.74. The molecule has 7 heteroatoms. The minimum Gasteiger partial charge on any atom is -0.469 e. The fourth-order valence-electron chi connectivity index (χ4n) is 2.43. The highest BCUT2D eigenvalue weighted by Gasteiger charge is 2.25. The Hall–Kier alpha value is -2.75. The molecule has 122 valence electrons. The third kappa shape index (κ3) is 4.61. The standard InChI is InChI=1S/C16H19N3O4/c1-22-16(21)12-4-6-19(7-5-12)11-13(9-17)15(20)18-10-14-3-2-8-23-14/h2-3,8,11-12H,4-7,10H2,1H3,(H,18,20). The van der Waals surface area contributed by atoms with Gasteiger partial charge in [0.15, 0.2) is 0 Å². The summed E-state index contributed by atoms with van der Waals surface area (Å²) < 4.78 is 9.86. The zero-order chi connectivity index (χ0) is 16.7. The molecule has 0 aliphatic carbocycles. The van der Waals surface area contributed by atoms with Gasteiger partial charge in [-0.25, -0.2) is 0 Å². The van der Waals surface area contributed by atoms with Crippen LogP contribution in [-0.2, 0) is 20.9 Å². The van der Waals surface area contributed by atoms with E-state index in [1.165, 1.54) is 13.4 Å². The molecule has 7 nitrogen and oxygen atoms in total. The van der Waals surface area contributed by atoms with Gasteiger partial charge in [-0.1, -0.05) is 0 Å². The SMILES string of the molecule is COC(=O)C1CCN(C=C(C#N)C(=O)NCc2ccco2)CC1. The fourth-order valence-corrected chi connectivity index (χ4v) is 2.43. The quantitative estimate of drug-likeness (QED) is 0.498. The van der Waals surface area contributed by atoms with Crippen LogP contribution in [0.3, 0.4) is 0 Å². The number of hydrogen-bond acceptors (Lipinski definition) is 6. The average molecular weight is 317 g/mol. The van der Waals surface area contributed by atoms with E-state index >= 15 is 0 Å². The number of nitrogens with one attached hydrogen (secondary N) is 1. The predicted molar refractivity (Wildman–Crippen MR) is 80.6 cm³/mol. The van der Waals surface area contributed by atoms with E-state index in [-0.39, 0.29) is 24.0 Å². The Labute approximate surface area is 134 Å². The Morgan fingerprint density at radius 2 is 2.26 bits per heavy atom. The van der Waals surface area contributed by atoms with Crippen molar-refractivity contribution in [3.63, 3.8) is 0 Å². The van der Waals surface area contributed by atoms with Crippen LogP contribution in [-0.4, -0.2) is 37.0 Å². The minimum absolute atomic E-state index is 0.0353. The van der Waals surface area contributed by atoms with E-state index in [0.717, 1.165) is 0 Å². The van der Waals surface area contributed by atoms with Crippen molar-refractivity contribution in [1.29, 1.82) is 5.26 Å². The number of esters is 1. The van der Waals surface area contributed by atoms with Crippen molar-refractivity contribution >= 4 is 11.9 Å². The summed E-state index contributed by atoms with van der Waals surface area (Å²) >= 11 is 0. The number of nitriles is 1. The van der Waals surface area contributed by atoms with Crippen molar-refractivity contribution in [2.75, 3.05) is 20.2 Å². The first-order chi connectivity index (χ1) is 11.1. The summed E-state index contributed by atoms with van der Waals surface area (Å²) in [6, 6.07) is 5.38. The van der Waals surface area contributed by atoms with Crippen molar-refractivity contribution in [3.8, 4) is 6.07 Å². The third-order valence-corrected chi connectivity index (χ3v) is 3.74. The van der Waals surface area contributed by atoms with Crippen LogP contribution in [0.4, 0.5) is 0 Å². The molecule has 1 fully saturated rings. The maximum Gasteiger partial charge on any atom is 0.308 e. The number of piperidine rings is 1. The molecule has 1 aromatic heterocycles. The number of hydrogen-bond donors (Lipinski definition) is 1. The van der Waals surface area contributed by atoms with Crippen LogP contribution < -0.4 is 5.32 Å². The lowest BCUT2D eigenvalue weighted by Gasteiger charge is -2.29. The number of rotatable bonds is 5. The van der Waals surface area contributed by atoms with Gasteiger partial charge in [-0.2, -0.15) is 5.26 Å². The smallest absolute Gasteiger partial charge is 0.308 e. The molecule has 0 saturated carbocycles. The van der Waals surface area contributed by atoms with Gasteiger partial charge >= 0.3 is 5.97 Å². The lowest BCUT2D eigenvalue weighted by Crippen LogP contribution is -2.34. The van der Waals surface area contributed by atoms with E-state index in [2.05, 4.69) is 5.32 Å². The Morgan fingerprint density at radius 3 is 2.83 bits per heavy atom. The molecule has 1 aliphatic heterocycles. The van der Waals surface area contributed by atoms with Gasteiger partial charge < -0.3 is 19.4 Å². The highest BCUT2D eigenvalue weighted by Crippen LogP contribution is 2.19. The minimum atomic E-state index is -0.445. The highest BCUT2D eigenvalue weighted by molar-refractivity contribution is 5.97. The zero-order valence-electron chi connectivity index (χ0n) is 12.9. The molecule has 1 aliphatic rings. The number of likely N-dealkylation sites (tertiary alicyclic amines) is 1. The van der Waals surface area contributed by atoms with E-state index in [9.17, 15) is 9.59 Å². The summed E-state index contributed by atoms with van der Waals surface area (Å²) in [4.78, 5) is 25.4. The molecule has 1 saturated heterocycles. The monoisotopic (exact) mass is 317 g/mol. The van der Waals surface area contributed by atoms with Crippen LogP contribution in [0, 0.1) is 17.2 Å². The largest absolute Gasteiger partial charge is 0.469 e. The molecule has 1 amide bonds. The molecule has 0 bridgehead atoms. The number of methoxy groups -OCH3 is 1. The average Bonchev–Trinajstić information content (AvgIpc) is 3.11. The van der Waals surface area contributed by atoms with Gasteiger partial charge in [0.2, 0.25) is 0 Å². The van der Waals surface area contributed by atoms with E-state index in [1.54, 1.807) is 18.3 Å². The van der Waals surface area contributed by atoms with Gasteiger partial charge in [-0.3, -0.25) is 9.59 Å². The number of carbonyl (C=O) groups excluding carboxylic acids is 2. The Kier molecular flexibility index (Phi) is 5.80. The molecule has 1 aromatic rings. The summed E-state index contributed by atoms with van der Waals surface area (Å²) in [5.74, 6) is -0.137. The molecule has 0 spiro atoms. The lowest BCUT2D eigenvalue weighted by molar-refractivity contribution is -0.146. The van der Waals surface area contributed by atoms with E-state index in [4.69, 9.17) is 14.4 Å². The van der Waals surface area contributed by atoms with E-state index in [1.807, 2.05) is 11.0 Å². The van der Waals surface area contributed by atoms with Crippen molar-refractivity contribution in [3.05, 3.63) is 35.9 Å². The van der Waals surface area contributed by atoms with Gasteiger partial charge in [0.1, 0.15) is 17.4 Å². The van der Waals surface area contributed by atoms with Crippen LogP contribution in [0.15, 0.2) is 34.6 Å². The van der Waals surface area contributed by atoms with Crippen LogP contribution in [0.1, 0.15) is 18.6 Å². The number of furan rings is 1. The predicted octanol–water partition coefficient (Wildman–Crippen LogP) is 1.19. The molecule has 1 N–H and O–H groups in total. The zero-order valence-corrected chi connectivity index (χ0v) is 12.9. The van der Waals surface area contributed by atoms with Gasteiger partial charge in [0, 0.05) is 19.3 Å². The Morgan fingerprint density at radius 1 is 1.52 bits per heavy atom. The Bertz CT molecular complexity index is 608. The second-order valence-corrected chi connectivity index (χ2v) is 5.25. The number of nitrogens with zero attached hydrogens (tertiary/aromatic N) is 2. The Balaban J connectivity index is 1.88. The van der Waals surface area contributed by atoms with Gasteiger partial charge in [0.05, 0.1) is 25.8 Å². The summed E-state index contributed by atoms with van der Waals surface area (Å²) in [7, 11) is 1.38. The van der Waals surface area contributed by atoms with Crippen molar-refractivity contribution < 1.29 is 18.7 Å². The normalized spacial score (nSPS) is 15.8. The van der Waals surface area contributed by atoms with Crippen molar-refractivity contribution in [2.45, 2.75) is 19.4 Å². The number of carbonyl (C=O) groups is 2. The van der Waals surface area contributed by atoms with E-state index < -0.39 is 5.91 Å². The molecule has 2 rings (SSSR count). The summed E-state index contributed by atoms with van der Waals surface area (Å²) in [5, 5.41) is 11.8. The van der Waals surface area contributed by atoms with Crippen LogP contribution in [0.5, 0.6) is 0 Å². The highest BCUT2D eigenvalue weighted by atomic mass is 16.5.